The van der Waals surface area contributed by atoms with Gasteiger partial charge in [-0.25, -0.2) is 0 Å². The molecule has 0 aromatic heterocycles. The van der Waals surface area contributed by atoms with Gasteiger partial charge in [-0.3, -0.25) is 9.59 Å². The van der Waals surface area contributed by atoms with Gasteiger partial charge < -0.3 is 10.4 Å². The summed E-state index contributed by atoms with van der Waals surface area (Å²) in [6.45, 7) is 1.94. The summed E-state index contributed by atoms with van der Waals surface area (Å²) in [5, 5.41) is 11.8. The topological polar surface area (TPSA) is 66.4 Å². The standard InChI is InChI=1S/C14H25NO3/c1-2-11(9-10-13(16)17)14(18)15-12-7-5-3-4-6-8-12/h11-12H,2-10H2,1H3,(H,15,18)(H,16,17). The van der Waals surface area contributed by atoms with E-state index >= 15 is 0 Å². The van der Waals surface area contributed by atoms with Gasteiger partial charge in [-0.1, -0.05) is 32.6 Å². The highest BCUT2D eigenvalue weighted by atomic mass is 16.4. The average Bonchev–Trinajstić information content (AvgIpc) is 2.58. The molecular formula is C14H25NO3. The van der Waals surface area contributed by atoms with Crippen molar-refractivity contribution in [3.8, 4) is 0 Å². The zero-order valence-electron chi connectivity index (χ0n) is 11.3. The fraction of sp³-hybridized carbons (Fsp3) is 0.857. The maximum Gasteiger partial charge on any atom is 0.303 e. The Labute approximate surface area is 109 Å². The third-order valence-electron chi connectivity index (χ3n) is 3.77. The van der Waals surface area contributed by atoms with Gasteiger partial charge in [0.05, 0.1) is 0 Å². The van der Waals surface area contributed by atoms with Crippen LogP contribution in [0.4, 0.5) is 0 Å². The maximum atomic E-state index is 12.1. The van der Waals surface area contributed by atoms with Gasteiger partial charge in [0.25, 0.3) is 0 Å². The van der Waals surface area contributed by atoms with Crippen LogP contribution in [-0.2, 0) is 9.59 Å². The minimum atomic E-state index is -0.823. The molecule has 0 aliphatic heterocycles. The molecule has 4 heteroatoms. The fourth-order valence-electron chi connectivity index (χ4n) is 2.56. The molecule has 0 heterocycles. The lowest BCUT2D eigenvalue weighted by molar-refractivity contribution is -0.137. The van der Waals surface area contributed by atoms with Crippen molar-refractivity contribution >= 4 is 11.9 Å². The van der Waals surface area contributed by atoms with Gasteiger partial charge in [-0.05, 0) is 25.7 Å². The highest BCUT2D eigenvalue weighted by molar-refractivity contribution is 5.79. The van der Waals surface area contributed by atoms with Crippen molar-refractivity contribution < 1.29 is 14.7 Å². The number of nitrogens with one attached hydrogen (secondary N) is 1. The number of hydrogen-bond acceptors (Lipinski definition) is 2. The van der Waals surface area contributed by atoms with Gasteiger partial charge in [0.2, 0.25) is 5.91 Å². The third kappa shape index (κ3) is 5.52. The summed E-state index contributed by atoms with van der Waals surface area (Å²) in [6, 6.07) is 0.305. The molecule has 1 aliphatic rings. The molecule has 104 valence electrons. The molecule has 1 rings (SSSR count). The van der Waals surface area contributed by atoms with Crippen LogP contribution in [0.25, 0.3) is 0 Å². The lowest BCUT2D eigenvalue weighted by atomic mass is 9.98. The van der Waals surface area contributed by atoms with Crippen molar-refractivity contribution in [1.29, 1.82) is 0 Å². The first kappa shape index (κ1) is 15.0. The molecule has 2 N–H and O–H groups in total. The Morgan fingerprint density at radius 1 is 1.22 bits per heavy atom. The number of carboxylic acid groups (broad SMARTS) is 1. The lowest BCUT2D eigenvalue weighted by Gasteiger charge is -2.20. The van der Waals surface area contributed by atoms with E-state index in [1.54, 1.807) is 0 Å². The molecule has 0 saturated heterocycles. The molecule has 4 nitrogen and oxygen atoms in total. The van der Waals surface area contributed by atoms with Crippen LogP contribution in [0.3, 0.4) is 0 Å². The van der Waals surface area contributed by atoms with E-state index in [1.807, 2.05) is 6.92 Å². The van der Waals surface area contributed by atoms with E-state index in [0.29, 0.717) is 18.9 Å². The van der Waals surface area contributed by atoms with Gasteiger partial charge in [0, 0.05) is 18.4 Å². The van der Waals surface area contributed by atoms with Crippen molar-refractivity contribution in [3.05, 3.63) is 0 Å². The van der Waals surface area contributed by atoms with E-state index in [2.05, 4.69) is 5.32 Å². The van der Waals surface area contributed by atoms with Crippen LogP contribution >= 0.6 is 0 Å². The first-order chi connectivity index (χ1) is 8.63. The molecule has 18 heavy (non-hydrogen) atoms. The molecule has 0 spiro atoms. The second-order valence-corrected chi connectivity index (χ2v) is 5.23. The first-order valence-electron chi connectivity index (χ1n) is 7.15. The Morgan fingerprint density at radius 3 is 2.33 bits per heavy atom. The number of carbonyl (C=O) groups excluding carboxylic acids is 1. The molecule has 0 radical (unpaired) electrons. The summed E-state index contributed by atoms with van der Waals surface area (Å²) in [4.78, 5) is 22.6. The molecule has 1 aliphatic carbocycles. The normalized spacial score (nSPS) is 18.9. The second kappa shape index (κ2) is 8.11. The van der Waals surface area contributed by atoms with Crippen LogP contribution in [0.1, 0.15) is 64.7 Å². The van der Waals surface area contributed by atoms with E-state index in [9.17, 15) is 9.59 Å². The molecule has 0 aromatic rings. The summed E-state index contributed by atoms with van der Waals surface area (Å²) in [5.41, 5.74) is 0. The first-order valence-corrected chi connectivity index (χ1v) is 7.15. The summed E-state index contributed by atoms with van der Waals surface area (Å²) in [7, 11) is 0. The fourth-order valence-corrected chi connectivity index (χ4v) is 2.56. The number of aliphatic carboxylic acids is 1. The molecule has 1 amide bonds. The van der Waals surface area contributed by atoms with Gasteiger partial charge in [0.1, 0.15) is 0 Å². The van der Waals surface area contributed by atoms with Gasteiger partial charge in [0.15, 0.2) is 0 Å². The monoisotopic (exact) mass is 255 g/mol. The zero-order chi connectivity index (χ0) is 13.4. The van der Waals surface area contributed by atoms with Crippen molar-refractivity contribution in [1.82, 2.24) is 5.32 Å². The van der Waals surface area contributed by atoms with E-state index < -0.39 is 5.97 Å². The Hall–Kier alpha value is -1.06. The number of amides is 1. The van der Waals surface area contributed by atoms with Crippen LogP contribution in [0, 0.1) is 5.92 Å². The quantitative estimate of drug-likeness (QED) is 0.717. The summed E-state index contributed by atoms with van der Waals surface area (Å²) >= 11 is 0. The van der Waals surface area contributed by atoms with Crippen LogP contribution in [0.15, 0.2) is 0 Å². The minimum Gasteiger partial charge on any atom is -0.481 e. The van der Waals surface area contributed by atoms with Crippen LogP contribution in [0.2, 0.25) is 0 Å². The predicted molar refractivity (Wildman–Crippen MR) is 70.3 cm³/mol. The molecule has 1 atom stereocenters. The van der Waals surface area contributed by atoms with E-state index in [4.69, 9.17) is 5.11 Å². The van der Waals surface area contributed by atoms with Crippen molar-refractivity contribution in [2.45, 2.75) is 70.8 Å². The third-order valence-corrected chi connectivity index (χ3v) is 3.77. The SMILES string of the molecule is CCC(CCC(=O)O)C(=O)NC1CCCCCC1. The Morgan fingerprint density at radius 2 is 1.83 bits per heavy atom. The number of carboxylic acids is 1. The van der Waals surface area contributed by atoms with Gasteiger partial charge >= 0.3 is 5.97 Å². The van der Waals surface area contributed by atoms with Gasteiger partial charge in [-0.2, -0.15) is 0 Å². The van der Waals surface area contributed by atoms with Gasteiger partial charge in [-0.15, -0.1) is 0 Å². The molecular weight excluding hydrogens is 230 g/mol. The number of carbonyl (C=O) groups is 2. The van der Waals surface area contributed by atoms with Crippen molar-refractivity contribution in [3.63, 3.8) is 0 Å². The molecule has 0 bridgehead atoms. The summed E-state index contributed by atoms with van der Waals surface area (Å²) in [6.07, 6.45) is 8.30. The second-order valence-electron chi connectivity index (χ2n) is 5.23. The number of rotatable bonds is 6. The molecule has 1 fully saturated rings. The van der Waals surface area contributed by atoms with Crippen molar-refractivity contribution in [2.75, 3.05) is 0 Å². The smallest absolute Gasteiger partial charge is 0.303 e. The summed E-state index contributed by atoms with van der Waals surface area (Å²) in [5.74, 6) is -0.925. The molecule has 1 unspecified atom stereocenters. The molecule has 1 saturated carbocycles. The minimum absolute atomic E-state index is 0.0469. The lowest BCUT2D eigenvalue weighted by Crippen LogP contribution is -2.38. The van der Waals surface area contributed by atoms with Crippen molar-refractivity contribution in [2.24, 2.45) is 5.92 Å². The van der Waals surface area contributed by atoms with Crippen LogP contribution < -0.4 is 5.32 Å². The highest BCUT2D eigenvalue weighted by Gasteiger charge is 2.21. The summed E-state index contributed by atoms with van der Waals surface area (Å²) < 4.78 is 0. The Bertz CT molecular complexity index is 270. The Kier molecular flexibility index (Phi) is 6.76. The Balaban J connectivity index is 2.37. The van der Waals surface area contributed by atoms with E-state index in [1.165, 1.54) is 25.7 Å². The number of hydrogen-bond donors (Lipinski definition) is 2. The van der Waals surface area contributed by atoms with Crippen LogP contribution in [-0.4, -0.2) is 23.0 Å². The average molecular weight is 255 g/mol. The largest absolute Gasteiger partial charge is 0.481 e. The zero-order valence-corrected chi connectivity index (χ0v) is 11.3. The van der Waals surface area contributed by atoms with E-state index in [0.717, 1.165) is 12.8 Å². The molecule has 0 aromatic carbocycles. The highest BCUT2D eigenvalue weighted by Crippen LogP contribution is 2.19. The van der Waals surface area contributed by atoms with E-state index in [-0.39, 0.29) is 18.2 Å². The van der Waals surface area contributed by atoms with Crippen LogP contribution in [0.5, 0.6) is 0 Å². The predicted octanol–water partition coefficient (Wildman–Crippen LogP) is 2.72. The maximum absolute atomic E-state index is 12.1.